The number of carbonyl (C=O) groups excluding carboxylic acids is 1. The van der Waals surface area contributed by atoms with Crippen LogP contribution in [-0.4, -0.2) is 40.4 Å². The van der Waals surface area contributed by atoms with Gasteiger partial charge in [-0.15, -0.1) is 0 Å². The first kappa shape index (κ1) is 17.1. The van der Waals surface area contributed by atoms with Crippen molar-refractivity contribution in [3.05, 3.63) is 30.1 Å². The topological polar surface area (TPSA) is 42.4 Å². The van der Waals surface area contributed by atoms with Crippen molar-refractivity contribution in [2.24, 2.45) is 5.92 Å². The molecule has 1 fully saturated rings. The van der Waals surface area contributed by atoms with Gasteiger partial charge in [0, 0.05) is 25.0 Å². The van der Waals surface area contributed by atoms with Crippen molar-refractivity contribution in [2.45, 2.75) is 45.0 Å². The van der Waals surface area contributed by atoms with E-state index >= 15 is 0 Å². The van der Waals surface area contributed by atoms with Crippen LogP contribution in [0.4, 0.5) is 4.79 Å². The third-order valence-electron chi connectivity index (χ3n) is 3.50. The average Bonchev–Trinajstić information content (AvgIpc) is 2.47. The van der Waals surface area contributed by atoms with E-state index < -0.39 is 5.60 Å². The van der Waals surface area contributed by atoms with Crippen LogP contribution in [0.5, 0.6) is 0 Å². The Morgan fingerprint density at radius 2 is 2.27 bits per heavy atom. The Morgan fingerprint density at radius 3 is 2.95 bits per heavy atom. The maximum atomic E-state index is 12.1. The summed E-state index contributed by atoms with van der Waals surface area (Å²) in [6.07, 6.45) is 3.91. The van der Waals surface area contributed by atoms with Crippen molar-refractivity contribution in [3.8, 4) is 0 Å². The molecule has 0 unspecified atom stereocenters. The van der Waals surface area contributed by atoms with E-state index in [-0.39, 0.29) is 6.09 Å². The predicted octanol–water partition coefficient (Wildman–Crippen LogP) is 3.96. The lowest BCUT2D eigenvalue weighted by atomic mass is 10.0. The summed E-state index contributed by atoms with van der Waals surface area (Å²) in [6, 6.07) is 6.02. The highest BCUT2D eigenvalue weighted by atomic mass is 32.2. The van der Waals surface area contributed by atoms with Crippen molar-refractivity contribution in [2.75, 3.05) is 18.8 Å². The molecule has 1 aliphatic rings. The number of amides is 1. The highest BCUT2D eigenvalue weighted by Gasteiger charge is 2.27. The summed E-state index contributed by atoms with van der Waals surface area (Å²) >= 11 is 1.90. The van der Waals surface area contributed by atoms with Crippen LogP contribution in [0.1, 0.15) is 39.3 Å². The first-order valence-electron chi connectivity index (χ1n) is 7.89. The van der Waals surface area contributed by atoms with Crippen LogP contribution in [0.15, 0.2) is 24.4 Å². The number of nitrogens with zero attached hydrogens (tertiary/aromatic N) is 2. The molecule has 5 heteroatoms. The Balaban J connectivity index is 1.75. The minimum Gasteiger partial charge on any atom is -0.444 e. The highest BCUT2D eigenvalue weighted by Crippen LogP contribution is 2.23. The number of hydrogen-bond donors (Lipinski definition) is 0. The lowest BCUT2D eigenvalue weighted by molar-refractivity contribution is 0.0177. The molecule has 0 saturated carbocycles. The molecule has 1 atom stereocenters. The largest absolute Gasteiger partial charge is 0.444 e. The molecule has 0 radical (unpaired) electrons. The first-order chi connectivity index (χ1) is 10.4. The van der Waals surface area contributed by atoms with Gasteiger partial charge in [-0.2, -0.15) is 11.8 Å². The summed E-state index contributed by atoms with van der Waals surface area (Å²) in [6.45, 7) is 7.36. The van der Waals surface area contributed by atoms with Crippen LogP contribution < -0.4 is 0 Å². The maximum Gasteiger partial charge on any atom is 0.410 e. The zero-order chi connectivity index (χ0) is 16.0. The van der Waals surface area contributed by atoms with Gasteiger partial charge in [0.15, 0.2) is 0 Å². The molecule has 0 aliphatic carbocycles. The summed E-state index contributed by atoms with van der Waals surface area (Å²) < 4.78 is 5.47. The standard InChI is InChI=1S/C17H26N2O2S/c1-17(2,3)21-16(20)19-10-6-7-14(11-19)12-22-13-15-8-4-5-9-18-15/h4-5,8-9,14H,6-7,10-13H2,1-3H3/t14-/m1/s1. The molecule has 2 heterocycles. The summed E-state index contributed by atoms with van der Waals surface area (Å²) in [5, 5.41) is 0. The number of piperidine rings is 1. The molecule has 1 aromatic rings. The minimum atomic E-state index is -0.419. The Kier molecular flexibility index (Phi) is 6.12. The van der Waals surface area contributed by atoms with E-state index in [0.29, 0.717) is 5.92 Å². The van der Waals surface area contributed by atoms with Gasteiger partial charge >= 0.3 is 6.09 Å². The monoisotopic (exact) mass is 322 g/mol. The molecule has 0 spiro atoms. The number of hydrogen-bond acceptors (Lipinski definition) is 4. The SMILES string of the molecule is CC(C)(C)OC(=O)N1CCC[C@@H](CSCc2ccccn2)C1. The number of likely N-dealkylation sites (tertiary alicyclic amines) is 1. The predicted molar refractivity (Wildman–Crippen MR) is 90.9 cm³/mol. The minimum absolute atomic E-state index is 0.174. The first-order valence-corrected chi connectivity index (χ1v) is 9.05. The van der Waals surface area contributed by atoms with Crippen LogP contribution in [0, 0.1) is 5.92 Å². The fraction of sp³-hybridized carbons (Fsp3) is 0.647. The summed E-state index contributed by atoms with van der Waals surface area (Å²) in [7, 11) is 0. The van der Waals surface area contributed by atoms with Gasteiger partial charge < -0.3 is 9.64 Å². The van der Waals surface area contributed by atoms with Crippen LogP contribution in [0.2, 0.25) is 0 Å². The fourth-order valence-corrected chi connectivity index (χ4v) is 3.61. The van der Waals surface area contributed by atoms with Crippen molar-refractivity contribution in [1.82, 2.24) is 9.88 Å². The van der Waals surface area contributed by atoms with Crippen LogP contribution in [0.3, 0.4) is 0 Å². The third kappa shape index (κ3) is 5.87. The molecule has 1 aromatic heterocycles. The normalized spacial score (nSPS) is 19.0. The van der Waals surface area contributed by atoms with E-state index in [9.17, 15) is 4.79 Å². The van der Waals surface area contributed by atoms with Gasteiger partial charge in [-0.1, -0.05) is 6.07 Å². The van der Waals surface area contributed by atoms with Crippen molar-refractivity contribution >= 4 is 17.9 Å². The molecule has 22 heavy (non-hydrogen) atoms. The van der Waals surface area contributed by atoms with Crippen LogP contribution in [0.25, 0.3) is 0 Å². The van der Waals surface area contributed by atoms with E-state index in [4.69, 9.17) is 4.74 Å². The number of rotatable bonds is 4. The smallest absolute Gasteiger partial charge is 0.410 e. The number of ether oxygens (including phenoxy) is 1. The Hall–Kier alpha value is -1.23. The highest BCUT2D eigenvalue weighted by molar-refractivity contribution is 7.98. The molecule has 2 rings (SSSR count). The van der Waals surface area contributed by atoms with Crippen LogP contribution in [-0.2, 0) is 10.5 Å². The van der Waals surface area contributed by atoms with Crippen molar-refractivity contribution in [1.29, 1.82) is 0 Å². The number of aromatic nitrogens is 1. The molecule has 0 N–H and O–H groups in total. The number of carbonyl (C=O) groups is 1. The number of pyridine rings is 1. The second kappa shape index (κ2) is 7.86. The Labute approximate surface area is 137 Å². The molecule has 122 valence electrons. The van der Waals surface area contributed by atoms with Gasteiger partial charge in [-0.25, -0.2) is 4.79 Å². The Bertz CT molecular complexity index is 473. The van der Waals surface area contributed by atoms with Gasteiger partial charge in [0.1, 0.15) is 5.60 Å². The van der Waals surface area contributed by atoms with E-state index in [0.717, 1.165) is 36.7 Å². The quantitative estimate of drug-likeness (QED) is 0.841. The average molecular weight is 322 g/mol. The molecular weight excluding hydrogens is 296 g/mol. The second-order valence-corrected chi connectivity index (χ2v) is 7.80. The van der Waals surface area contributed by atoms with Gasteiger partial charge in [0.05, 0.1) is 5.69 Å². The third-order valence-corrected chi connectivity index (χ3v) is 4.71. The van der Waals surface area contributed by atoms with Crippen molar-refractivity contribution in [3.63, 3.8) is 0 Å². The molecule has 4 nitrogen and oxygen atoms in total. The molecule has 1 saturated heterocycles. The number of thioether (sulfide) groups is 1. The summed E-state index contributed by atoms with van der Waals surface area (Å²) in [4.78, 5) is 18.3. The van der Waals surface area contributed by atoms with E-state index in [2.05, 4.69) is 11.1 Å². The molecule has 0 aromatic carbocycles. The lowest BCUT2D eigenvalue weighted by Gasteiger charge is -2.34. The second-order valence-electron chi connectivity index (χ2n) is 6.77. The molecule has 1 aliphatic heterocycles. The molecule has 0 bridgehead atoms. The molecular formula is C17H26N2O2S. The fourth-order valence-electron chi connectivity index (χ4n) is 2.51. The Morgan fingerprint density at radius 1 is 1.45 bits per heavy atom. The maximum absolute atomic E-state index is 12.1. The van der Waals surface area contributed by atoms with E-state index in [1.807, 2.05) is 55.8 Å². The summed E-state index contributed by atoms with van der Waals surface area (Å²) in [5.74, 6) is 2.55. The molecule has 1 amide bonds. The zero-order valence-corrected chi connectivity index (χ0v) is 14.6. The van der Waals surface area contributed by atoms with Gasteiger partial charge in [0.2, 0.25) is 0 Å². The van der Waals surface area contributed by atoms with Crippen LogP contribution >= 0.6 is 11.8 Å². The van der Waals surface area contributed by atoms with E-state index in [1.165, 1.54) is 6.42 Å². The zero-order valence-electron chi connectivity index (χ0n) is 13.7. The van der Waals surface area contributed by atoms with E-state index in [1.54, 1.807) is 0 Å². The van der Waals surface area contributed by atoms with Gasteiger partial charge in [-0.05, 0) is 57.4 Å². The van der Waals surface area contributed by atoms with Gasteiger partial charge in [0.25, 0.3) is 0 Å². The van der Waals surface area contributed by atoms with Gasteiger partial charge in [-0.3, -0.25) is 4.98 Å². The summed E-state index contributed by atoms with van der Waals surface area (Å²) in [5.41, 5.74) is 0.699. The van der Waals surface area contributed by atoms with Crippen molar-refractivity contribution < 1.29 is 9.53 Å². The lowest BCUT2D eigenvalue weighted by Crippen LogP contribution is -2.43.